The minimum absolute atomic E-state index is 0.0474. The molecule has 106 valence electrons. The fourth-order valence-electron chi connectivity index (χ4n) is 1.64. The first-order chi connectivity index (χ1) is 8.69. The monoisotopic (exact) mass is 329 g/mol. The van der Waals surface area contributed by atoms with Crippen LogP contribution in [-0.2, 0) is 4.79 Å². The molecule has 0 radical (unpaired) electrons. The zero-order chi connectivity index (χ0) is 14.6. The van der Waals surface area contributed by atoms with Crippen molar-refractivity contribution in [1.29, 1.82) is 0 Å². The summed E-state index contributed by atoms with van der Waals surface area (Å²) in [5.74, 6) is 0.463. The SMILES string of the molecule is Cc1ccc(OCC(=O)N(C)CC(C)(C)O)c(Br)c1. The lowest BCUT2D eigenvalue weighted by Gasteiger charge is -2.25. The maximum Gasteiger partial charge on any atom is 0.260 e. The maximum absolute atomic E-state index is 11.8. The Bertz CT molecular complexity index is 454. The molecule has 0 unspecified atom stereocenters. The number of aliphatic hydroxyl groups is 1. The van der Waals surface area contributed by atoms with Crippen LogP contribution in [0.2, 0.25) is 0 Å². The van der Waals surface area contributed by atoms with Crippen LogP contribution in [0.1, 0.15) is 19.4 Å². The highest BCUT2D eigenvalue weighted by molar-refractivity contribution is 9.10. The molecule has 0 aliphatic carbocycles. The predicted octanol–water partition coefficient (Wildman–Crippen LogP) is 2.37. The molecular weight excluding hydrogens is 310 g/mol. The molecule has 0 heterocycles. The van der Waals surface area contributed by atoms with E-state index in [1.165, 1.54) is 4.90 Å². The summed E-state index contributed by atoms with van der Waals surface area (Å²) in [6.07, 6.45) is 0. The fourth-order valence-corrected chi connectivity index (χ4v) is 2.25. The van der Waals surface area contributed by atoms with Gasteiger partial charge >= 0.3 is 0 Å². The van der Waals surface area contributed by atoms with Crippen molar-refractivity contribution in [3.05, 3.63) is 28.2 Å². The van der Waals surface area contributed by atoms with Crippen LogP contribution >= 0.6 is 15.9 Å². The Hall–Kier alpha value is -1.07. The highest BCUT2D eigenvalue weighted by atomic mass is 79.9. The van der Waals surface area contributed by atoms with E-state index in [-0.39, 0.29) is 19.1 Å². The van der Waals surface area contributed by atoms with Crippen LogP contribution in [0.15, 0.2) is 22.7 Å². The van der Waals surface area contributed by atoms with E-state index in [1.54, 1.807) is 20.9 Å². The van der Waals surface area contributed by atoms with E-state index in [0.717, 1.165) is 10.0 Å². The van der Waals surface area contributed by atoms with E-state index in [1.807, 2.05) is 25.1 Å². The molecule has 0 saturated heterocycles. The van der Waals surface area contributed by atoms with Gasteiger partial charge in [-0.15, -0.1) is 0 Å². The van der Waals surface area contributed by atoms with Crippen molar-refractivity contribution in [2.24, 2.45) is 0 Å². The first kappa shape index (κ1) is 16.0. The fraction of sp³-hybridized carbons (Fsp3) is 0.500. The lowest BCUT2D eigenvalue weighted by Crippen LogP contribution is -2.41. The van der Waals surface area contributed by atoms with Crippen LogP contribution in [0.4, 0.5) is 0 Å². The van der Waals surface area contributed by atoms with Crippen molar-refractivity contribution >= 4 is 21.8 Å². The average molecular weight is 330 g/mol. The second-order valence-corrected chi connectivity index (χ2v) is 6.14. The molecule has 1 N–H and O–H groups in total. The Kier molecular flexibility index (Phi) is 5.38. The largest absolute Gasteiger partial charge is 0.483 e. The summed E-state index contributed by atoms with van der Waals surface area (Å²) in [5, 5.41) is 9.65. The van der Waals surface area contributed by atoms with Gasteiger partial charge in [0.2, 0.25) is 0 Å². The van der Waals surface area contributed by atoms with E-state index < -0.39 is 5.60 Å². The van der Waals surface area contributed by atoms with E-state index in [4.69, 9.17) is 4.74 Å². The third-order valence-electron chi connectivity index (χ3n) is 2.49. The third-order valence-corrected chi connectivity index (χ3v) is 3.11. The van der Waals surface area contributed by atoms with Crippen molar-refractivity contribution in [2.75, 3.05) is 20.2 Å². The third kappa shape index (κ3) is 5.61. The van der Waals surface area contributed by atoms with Gasteiger partial charge in [0.05, 0.1) is 10.1 Å². The van der Waals surface area contributed by atoms with Gasteiger partial charge in [0, 0.05) is 13.6 Å². The highest BCUT2D eigenvalue weighted by Gasteiger charge is 2.19. The number of nitrogens with zero attached hydrogens (tertiary/aromatic N) is 1. The first-order valence-corrected chi connectivity index (χ1v) is 6.83. The summed E-state index contributed by atoms with van der Waals surface area (Å²) in [4.78, 5) is 13.3. The van der Waals surface area contributed by atoms with Crippen LogP contribution in [0, 0.1) is 6.92 Å². The number of carbonyl (C=O) groups is 1. The molecule has 0 aromatic heterocycles. The van der Waals surface area contributed by atoms with Crippen molar-refractivity contribution in [1.82, 2.24) is 4.90 Å². The molecular formula is C14H20BrNO3. The van der Waals surface area contributed by atoms with E-state index in [0.29, 0.717) is 5.75 Å². The minimum Gasteiger partial charge on any atom is -0.483 e. The summed E-state index contributed by atoms with van der Waals surface area (Å²) in [7, 11) is 1.65. The molecule has 0 bridgehead atoms. The van der Waals surface area contributed by atoms with E-state index >= 15 is 0 Å². The molecule has 0 aliphatic rings. The smallest absolute Gasteiger partial charge is 0.260 e. The molecule has 0 saturated carbocycles. The predicted molar refractivity (Wildman–Crippen MR) is 78.3 cm³/mol. The highest BCUT2D eigenvalue weighted by Crippen LogP contribution is 2.25. The summed E-state index contributed by atoms with van der Waals surface area (Å²) >= 11 is 3.39. The second kappa shape index (κ2) is 6.39. The van der Waals surface area contributed by atoms with Crippen molar-refractivity contribution in [2.45, 2.75) is 26.4 Å². The van der Waals surface area contributed by atoms with Gasteiger partial charge < -0.3 is 14.7 Å². The van der Waals surface area contributed by atoms with E-state index in [2.05, 4.69) is 15.9 Å². The van der Waals surface area contributed by atoms with Gasteiger partial charge in [0.15, 0.2) is 6.61 Å². The lowest BCUT2D eigenvalue weighted by atomic mass is 10.1. The molecule has 4 nitrogen and oxygen atoms in total. The number of likely N-dealkylation sites (N-methyl/N-ethyl adjacent to an activating group) is 1. The number of hydrogen-bond acceptors (Lipinski definition) is 3. The summed E-state index contributed by atoms with van der Waals surface area (Å²) in [6.45, 7) is 5.53. The van der Waals surface area contributed by atoms with Crippen LogP contribution in [0.25, 0.3) is 0 Å². The molecule has 1 rings (SSSR count). The molecule has 19 heavy (non-hydrogen) atoms. The van der Waals surface area contributed by atoms with Gasteiger partial charge in [0.25, 0.3) is 5.91 Å². The van der Waals surface area contributed by atoms with Crippen molar-refractivity contribution < 1.29 is 14.6 Å². The van der Waals surface area contributed by atoms with Crippen LogP contribution in [-0.4, -0.2) is 41.7 Å². The molecule has 1 aromatic rings. The number of halogens is 1. The van der Waals surface area contributed by atoms with Gasteiger partial charge in [-0.2, -0.15) is 0 Å². The Balaban J connectivity index is 2.54. The second-order valence-electron chi connectivity index (χ2n) is 5.28. The van der Waals surface area contributed by atoms with Gasteiger partial charge in [-0.05, 0) is 54.4 Å². The number of aryl methyl sites for hydroxylation is 1. The molecule has 1 aromatic carbocycles. The van der Waals surface area contributed by atoms with Gasteiger partial charge in [0.1, 0.15) is 5.75 Å². The summed E-state index contributed by atoms with van der Waals surface area (Å²) in [5.41, 5.74) is 0.208. The number of rotatable bonds is 5. The van der Waals surface area contributed by atoms with Crippen molar-refractivity contribution in [3.63, 3.8) is 0 Å². The van der Waals surface area contributed by atoms with Gasteiger partial charge in [-0.1, -0.05) is 6.07 Å². The molecule has 0 atom stereocenters. The number of amides is 1. The van der Waals surface area contributed by atoms with Crippen LogP contribution in [0.3, 0.4) is 0 Å². The number of hydrogen-bond donors (Lipinski definition) is 1. The van der Waals surface area contributed by atoms with Gasteiger partial charge in [-0.3, -0.25) is 4.79 Å². The molecule has 5 heteroatoms. The molecule has 1 amide bonds. The molecule has 0 fully saturated rings. The number of benzene rings is 1. The normalized spacial score (nSPS) is 11.3. The van der Waals surface area contributed by atoms with Crippen LogP contribution in [0.5, 0.6) is 5.75 Å². The van der Waals surface area contributed by atoms with E-state index in [9.17, 15) is 9.90 Å². The Morgan fingerprint density at radius 1 is 1.47 bits per heavy atom. The Labute approximate surface area is 122 Å². The summed E-state index contributed by atoms with van der Waals surface area (Å²) < 4.78 is 6.29. The number of ether oxygens (including phenoxy) is 1. The maximum atomic E-state index is 11.8. The zero-order valence-electron chi connectivity index (χ0n) is 11.7. The zero-order valence-corrected chi connectivity index (χ0v) is 13.3. The molecule has 0 spiro atoms. The summed E-state index contributed by atoms with van der Waals surface area (Å²) in [6, 6.07) is 5.67. The average Bonchev–Trinajstić information content (AvgIpc) is 2.25. The standard InChI is InChI=1S/C14H20BrNO3/c1-10-5-6-12(11(15)7-10)19-8-13(17)16(4)9-14(2,3)18/h5-7,18H,8-9H2,1-4H3. The van der Waals surface area contributed by atoms with Crippen molar-refractivity contribution in [3.8, 4) is 5.75 Å². The quantitative estimate of drug-likeness (QED) is 0.902. The molecule has 0 aliphatic heterocycles. The topological polar surface area (TPSA) is 49.8 Å². The van der Waals surface area contributed by atoms with Gasteiger partial charge in [-0.25, -0.2) is 0 Å². The minimum atomic E-state index is -0.908. The lowest BCUT2D eigenvalue weighted by molar-refractivity contribution is -0.134. The van der Waals surface area contributed by atoms with Crippen LogP contribution < -0.4 is 4.74 Å². The Morgan fingerprint density at radius 3 is 2.63 bits per heavy atom. The Morgan fingerprint density at radius 2 is 2.11 bits per heavy atom. The number of carbonyl (C=O) groups excluding carboxylic acids is 1. The first-order valence-electron chi connectivity index (χ1n) is 6.04.